The maximum atomic E-state index is 9.52. The summed E-state index contributed by atoms with van der Waals surface area (Å²) in [6.45, 7) is 3.80. The monoisotopic (exact) mass is 160 g/mol. The second kappa shape index (κ2) is 3.52. The maximum absolute atomic E-state index is 9.52. The van der Waals surface area contributed by atoms with Crippen LogP contribution >= 0.6 is 0 Å². The number of ether oxygens (including phenoxy) is 1. The fourth-order valence-electron chi connectivity index (χ4n) is 1.57. The molecule has 0 spiro atoms. The molecule has 0 aromatic carbocycles. The Balaban J connectivity index is 2.51. The molecule has 1 saturated heterocycles. The molecule has 66 valence electrons. The molecule has 3 nitrogen and oxygen atoms in total. The molecule has 0 bridgehead atoms. The highest BCUT2D eigenvalue weighted by Gasteiger charge is 2.32. The van der Waals surface area contributed by atoms with E-state index in [1.54, 1.807) is 6.92 Å². The topological polar surface area (TPSA) is 49.7 Å². The summed E-state index contributed by atoms with van der Waals surface area (Å²) in [5.74, 6) is 0.189. The van der Waals surface area contributed by atoms with Crippen LogP contribution in [0.2, 0.25) is 0 Å². The second-order valence-corrected chi connectivity index (χ2v) is 3.19. The number of aliphatic hydroxyl groups is 2. The predicted molar refractivity (Wildman–Crippen MR) is 41.0 cm³/mol. The molecule has 1 aliphatic heterocycles. The smallest absolute Gasteiger partial charge is 0.155 e. The van der Waals surface area contributed by atoms with E-state index in [-0.39, 0.29) is 12.0 Å². The summed E-state index contributed by atoms with van der Waals surface area (Å²) >= 11 is 0. The van der Waals surface area contributed by atoms with Crippen LogP contribution in [0.1, 0.15) is 26.7 Å². The van der Waals surface area contributed by atoms with Gasteiger partial charge in [-0.05, 0) is 12.8 Å². The van der Waals surface area contributed by atoms with Crippen molar-refractivity contribution >= 4 is 0 Å². The van der Waals surface area contributed by atoms with Gasteiger partial charge in [0.15, 0.2) is 6.29 Å². The quantitative estimate of drug-likeness (QED) is 0.587. The average Bonchev–Trinajstić information content (AvgIpc) is 1.96. The third-order valence-corrected chi connectivity index (χ3v) is 2.36. The normalized spacial score (nSPS) is 45.8. The molecule has 0 saturated carbocycles. The van der Waals surface area contributed by atoms with Crippen LogP contribution in [0, 0.1) is 5.92 Å². The van der Waals surface area contributed by atoms with Crippen molar-refractivity contribution in [2.24, 2.45) is 5.92 Å². The van der Waals surface area contributed by atoms with Crippen LogP contribution < -0.4 is 0 Å². The van der Waals surface area contributed by atoms with Crippen molar-refractivity contribution in [2.45, 2.75) is 45.2 Å². The summed E-state index contributed by atoms with van der Waals surface area (Å²) in [5.41, 5.74) is 0. The first-order valence-corrected chi connectivity index (χ1v) is 4.16. The predicted octanol–water partition coefficient (Wildman–Crippen LogP) is 0.501. The average molecular weight is 160 g/mol. The first-order valence-electron chi connectivity index (χ1n) is 4.16. The molecular weight excluding hydrogens is 144 g/mol. The van der Waals surface area contributed by atoms with Crippen LogP contribution in [-0.2, 0) is 4.74 Å². The molecule has 0 aromatic heterocycles. The molecule has 0 aromatic rings. The van der Waals surface area contributed by atoms with Crippen molar-refractivity contribution in [3.05, 3.63) is 0 Å². The van der Waals surface area contributed by atoms with E-state index < -0.39 is 12.4 Å². The van der Waals surface area contributed by atoms with Gasteiger partial charge >= 0.3 is 0 Å². The summed E-state index contributed by atoms with van der Waals surface area (Å²) in [6.07, 6.45) is 0.124. The highest BCUT2D eigenvalue weighted by Crippen LogP contribution is 2.26. The van der Waals surface area contributed by atoms with Gasteiger partial charge in [0.2, 0.25) is 0 Å². The van der Waals surface area contributed by atoms with E-state index in [1.165, 1.54) is 0 Å². The largest absolute Gasteiger partial charge is 0.390 e. The Bertz CT molecular complexity index is 127. The van der Waals surface area contributed by atoms with Gasteiger partial charge < -0.3 is 14.9 Å². The van der Waals surface area contributed by atoms with Crippen molar-refractivity contribution < 1.29 is 14.9 Å². The lowest BCUT2D eigenvalue weighted by Crippen LogP contribution is -2.43. The lowest BCUT2D eigenvalue weighted by atomic mass is 9.90. The van der Waals surface area contributed by atoms with Gasteiger partial charge in [-0.3, -0.25) is 0 Å². The fraction of sp³-hybridized carbons (Fsp3) is 1.00. The molecule has 1 aliphatic rings. The number of aliphatic hydroxyl groups excluding tert-OH is 2. The van der Waals surface area contributed by atoms with Gasteiger partial charge in [-0.25, -0.2) is 0 Å². The van der Waals surface area contributed by atoms with Gasteiger partial charge in [-0.15, -0.1) is 0 Å². The van der Waals surface area contributed by atoms with Gasteiger partial charge in [-0.2, -0.15) is 0 Å². The molecule has 4 unspecified atom stereocenters. The van der Waals surface area contributed by atoms with Crippen molar-refractivity contribution in [1.82, 2.24) is 0 Å². The molecule has 2 N–H and O–H groups in total. The Morgan fingerprint density at radius 3 is 2.64 bits per heavy atom. The van der Waals surface area contributed by atoms with Crippen molar-refractivity contribution in [1.29, 1.82) is 0 Å². The Kier molecular flexibility index (Phi) is 2.87. The van der Waals surface area contributed by atoms with Gasteiger partial charge in [-0.1, -0.05) is 13.3 Å². The minimum absolute atomic E-state index is 0.189. The number of hydrogen-bond donors (Lipinski definition) is 2. The summed E-state index contributed by atoms with van der Waals surface area (Å²) in [4.78, 5) is 0. The van der Waals surface area contributed by atoms with Gasteiger partial charge in [0.05, 0.1) is 12.2 Å². The molecule has 0 amide bonds. The lowest BCUT2D eigenvalue weighted by molar-refractivity contribution is -0.212. The van der Waals surface area contributed by atoms with Gasteiger partial charge in [0.1, 0.15) is 0 Å². The Hall–Kier alpha value is -0.120. The maximum Gasteiger partial charge on any atom is 0.155 e. The van der Waals surface area contributed by atoms with Crippen LogP contribution in [0.15, 0.2) is 0 Å². The fourth-order valence-corrected chi connectivity index (χ4v) is 1.57. The minimum atomic E-state index is -0.682. The Morgan fingerprint density at radius 1 is 1.45 bits per heavy atom. The zero-order chi connectivity index (χ0) is 8.43. The number of rotatable bonds is 1. The van der Waals surface area contributed by atoms with Crippen LogP contribution in [0.25, 0.3) is 0 Å². The van der Waals surface area contributed by atoms with Crippen LogP contribution in [-0.4, -0.2) is 28.7 Å². The van der Waals surface area contributed by atoms with Gasteiger partial charge in [0, 0.05) is 6.42 Å². The molecule has 1 heterocycles. The van der Waals surface area contributed by atoms with E-state index in [4.69, 9.17) is 9.84 Å². The highest BCUT2D eigenvalue weighted by atomic mass is 16.6. The van der Waals surface area contributed by atoms with E-state index in [0.717, 1.165) is 6.42 Å². The Morgan fingerprint density at radius 2 is 2.09 bits per heavy atom. The lowest BCUT2D eigenvalue weighted by Gasteiger charge is -2.35. The van der Waals surface area contributed by atoms with Crippen LogP contribution in [0.3, 0.4) is 0 Å². The van der Waals surface area contributed by atoms with Gasteiger partial charge in [0.25, 0.3) is 0 Å². The summed E-state index contributed by atoms with van der Waals surface area (Å²) in [5, 5.41) is 18.7. The molecule has 0 aliphatic carbocycles. The number of hydrogen-bond acceptors (Lipinski definition) is 3. The van der Waals surface area contributed by atoms with Crippen molar-refractivity contribution in [3.8, 4) is 0 Å². The van der Waals surface area contributed by atoms with E-state index in [9.17, 15) is 5.11 Å². The summed E-state index contributed by atoms with van der Waals surface area (Å²) in [7, 11) is 0. The minimum Gasteiger partial charge on any atom is -0.390 e. The summed E-state index contributed by atoms with van der Waals surface area (Å²) < 4.78 is 5.04. The highest BCUT2D eigenvalue weighted by molar-refractivity contribution is 4.78. The SMILES string of the molecule is CCC1CC(O)OC(C)C1O. The first kappa shape index (κ1) is 8.97. The Labute approximate surface area is 67.0 Å². The van der Waals surface area contributed by atoms with Crippen LogP contribution in [0.4, 0.5) is 0 Å². The molecule has 4 atom stereocenters. The summed E-state index contributed by atoms with van der Waals surface area (Å²) in [6, 6.07) is 0. The molecule has 0 radical (unpaired) electrons. The third-order valence-electron chi connectivity index (χ3n) is 2.36. The third kappa shape index (κ3) is 1.92. The van der Waals surface area contributed by atoms with E-state index >= 15 is 0 Å². The molecule has 1 fully saturated rings. The molecule has 3 heteroatoms. The zero-order valence-corrected chi connectivity index (χ0v) is 7.03. The molecular formula is C8H16O3. The first-order chi connectivity index (χ1) is 5.15. The van der Waals surface area contributed by atoms with Crippen molar-refractivity contribution in [3.63, 3.8) is 0 Å². The van der Waals surface area contributed by atoms with E-state index in [1.807, 2.05) is 6.92 Å². The standard InChI is InChI=1S/C8H16O3/c1-3-6-4-7(9)11-5(2)8(6)10/h5-10H,3-4H2,1-2H3. The van der Waals surface area contributed by atoms with Crippen molar-refractivity contribution in [2.75, 3.05) is 0 Å². The van der Waals surface area contributed by atoms with Crippen LogP contribution in [0.5, 0.6) is 0 Å². The van der Waals surface area contributed by atoms with E-state index in [0.29, 0.717) is 6.42 Å². The zero-order valence-electron chi connectivity index (χ0n) is 7.03. The molecule has 1 rings (SSSR count). The molecule has 11 heavy (non-hydrogen) atoms. The second-order valence-electron chi connectivity index (χ2n) is 3.19. The van der Waals surface area contributed by atoms with E-state index in [2.05, 4.69) is 0 Å².